The van der Waals surface area contributed by atoms with E-state index in [2.05, 4.69) is 34.1 Å². The first-order valence-corrected chi connectivity index (χ1v) is 13.7. The molecule has 1 aromatic heterocycles. The molecule has 1 aliphatic heterocycles. The first kappa shape index (κ1) is 26.3. The third kappa shape index (κ3) is 7.14. The highest BCUT2D eigenvalue weighted by Gasteiger charge is 2.30. The maximum atomic E-state index is 11.6. The minimum Gasteiger partial charge on any atom is -0.497 e. The standard InChI is InChI=1S/C29H36N2O4S/c1-34-24-6-9-26(10-7-24)36-17-16-31-15-13-21(23(20-31)18-29(32)33)4-3-5-22-12-14-30-28-11-8-25(35-2)19-27(22)28/h6-12,14,19,21,23H,3-5,13,15-18,20H2,1-2H3,(H,32,33)/t21-,23+/m1/s1. The number of hydrogen-bond acceptors (Lipinski definition) is 6. The highest BCUT2D eigenvalue weighted by Crippen LogP contribution is 2.32. The van der Waals surface area contributed by atoms with E-state index in [1.807, 2.05) is 42.2 Å². The lowest BCUT2D eigenvalue weighted by atomic mass is 9.80. The summed E-state index contributed by atoms with van der Waals surface area (Å²) in [6.07, 6.45) is 6.26. The molecule has 0 saturated carbocycles. The summed E-state index contributed by atoms with van der Waals surface area (Å²) in [7, 11) is 3.36. The molecule has 1 aliphatic rings. The number of carbonyl (C=O) groups is 1. The lowest BCUT2D eigenvalue weighted by Gasteiger charge is -2.38. The van der Waals surface area contributed by atoms with Crippen LogP contribution in [-0.2, 0) is 11.2 Å². The predicted molar refractivity (Wildman–Crippen MR) is 145 cm³/mol. The van der Waals surface area contributed by atoms with E-state index in [0.717, 1.165) is 73.5 Å². The van der Waals surface area contributed by atoms with Gasteiger partial charge < -0.3 is 19.5 Å². The molecule has 3 aromatic rings. The van der Waals surface area contributed by atoms with Crippen molar-refractivity contribution >= 4 is 28.6 Å². The number of nitrogens with zero attached hydrogens (tertiary/aromatic N) is 2. The summed E-state index contributed by atoms with van der Waals surface area (Å²) in [5, 5.41) is 10.7. The molecule has 0 spiro atoms. The molecular weight excluding hydrogens is 472 g/mol. The van der Waals surface area contributed by atoms with Crippen LogP contribution >= 0.6 is 11.8 Å². The van der Waals surface area contributed by atoms with E-state index < -0.39 is 5.97 Å². The van der Waals surface area contributed by atoms with Crippen LogP contribution in [0.2, 0.25) is 0 Å². The van der Waals surface area contributed by atoms with E-state index in [1.54, 1.807) is 14.2 Å². The molecule has 2 aromatic carbocycles. The first-order chi connectivity index (χ1) is 17.6. The number of carboxylic acids is 1. The fourth-order valence-electron chi connectivity index (χ4n) is 5.24. The Morgan fingerprint density at radius 2 is 1.86 bits per heavy atom. The van der Waals surface area contributed by atoms with Crippen LogP contribution in [-0.4, -0.2) is 60.6 Å². The predicted octanol–water partition coefficient (Wildman–Crippen LogP) is 5.78. The van der Waals surface area contributed by atoms with Crippen molar-refractivity contribution in [1.82, 2.24) is 9.88 Å². The van der Waals surface area contributed by atoms with Crippen LogP contribution < -0.4 is 9.47 Å². The fraction of sp³-hybridized carbons (Fsp3) is 0.448. The van der Waals surface area contributed by atoms with Gasteiger partial charge in [-0.2, -0.15) is 0 Å². The second-order valence-corrected chi connectivity index (χ2v) is 10.6. The van der Waals surface area contributed by atoms with Gasteiger partial charge in [0.15, 0.2) is 0 Å². The minimum atomic E-state index is -0.688. The van der Waals surface area contributed by atoms with Crippen LogP contribution in [0.15, 0.2) is 59.6 Å². The smallest absolute Gasteiger partial charge is 0.303 e. The largest absolute Gasteiger partial charge is 0.497 e. The minimum absolute atomic E-state index is 0.205. The number of pyridine rings is 1. The first-order valence-electron chi connectivity index (χ1n) is 12.7. The number of carboxylic acid groups (broad SMARTS) is 1. The number of benzene rings is 2. The number of aryl methyl sites for hydroxylation is 1. The Kier molecular flexibility index (Phi) is 9.47. The van der Waals surface area contributed by atoms with Gasteiger partial charge in [-0.05, 0) is 98.2 Å². The third-order valence-corrected chi connectivity index (χ3v) is 8.20. The van der Waals surface area contributed by atoms with Crippen LogP contribution in [0.25, 0.3) is 10.9 Å². The van der Waals surface area contributed by atoms with Gasteiger partial charge in [0.05, 0.1) is 19.7 Å². The average molecular weight is 509 g/mol. The quantitative estimate of drug-likeness (QED) is 0.311. The van der Waals surface area contributed by atoms with Crippen molar-refractivity contribution in [2.75, 3.05) is 39.6 Å². The maximum Gasteiger partial charge on any atom is 0.303 e. The van der Waals surface area contributed by atoms with Crippen LogP contribution in [0.1, 0.15) is 31.2 Å². The number of rotatable bonds is 12. The second kappa shape index (κ2) is 13.0. The van der Waals surface area contributed by atoms with Crippen molar-refractivity contribution in [3.8, 4) is 11.5 Å². The van der Waals surface area contributed by atoms with E-state index in [0.29, 0.717) is 5.92 Å². The van der Waals surface area contributed by atoms with Gasteiger partial charge in [0.25, 0.3) is 0 Å². The zero-order valence-corrected chi connectivity index (χ0v) is 22.0. The van der Waals surface area contributed by atoms with Gasteiger partial charge in [0, 0.05) is 41.7 Å². The Morgan fingerprint density at radius 1 is 1.08 bits per heavy atom. The summed E-state index contributed by atoms with van der Waals surface area (Å²) in [5.41, 5.74) is 2.26. The molecule has 7 heteroatoms. The summed E-state index contributed by atoms with van der Waals surface area (Å²) < 4.78 is 10.6. The molecule has 6 nitrogen and oxygen atoms in total. The molecule has 0 aliphatic carbocycles. The number of fused-ring (bicyclic) bond motifs is 1. The molecule has 0 bridgehead atoms. The summed E-state index contributed by atoms with van der Waals surface area (Å²) in [4.78, 5) is 19.8. The van der Waals surface area contributed by atoms with Crippen molar-refractivity contribution in [3.05, 3.63) is 60.3 Å². The summed E-state index contributed by atoms with van der Waals surface area (Å²) >= 11 is 1.84. The van der Waals surface area contributed by atoms with Gasteiger partial charge in [-0.25, -0.2) is 0 Å². The molecule has 4 rings (SSSR count). The van der Waals surface area contributed by atoms with Gasteiger partial charge in [0.2, 0.25) is 0 Å². The zero-order valence-electron chi connectivity index (χ0n) is 21.2. The molecule has 0 radical (unpaired) electrons. The average Bonchev–Trinajstić information content (AvgIpc) is 2.89. The van der Waals surface area contributed by atoms with Crippen LogP contribution in [0, 0.1) is 11.8 Å². The Balaban J connectivity index is 1.29. The molecule has 2 heterocycles. The maximum absolute atomic E-state index is 11.6. The lowest BCUT2D eigenvalue weighted by molar-refractivity contribution is -0.139. The lowest BCUT2D eigenvalue weighted by Crippen LogP contribution is -2.42. The SMILES string of the molecule is COc1ccc(SCCN2CC[C@@H](CCCc3ccnc4ccc(OC)cc34)[C@@H](CC(=O)O)C2)cc1. The van der Waals surface area contributed by atoms with Crippen molar-refractivity contribution in [3.63, 3.8) is 0 Å². The number of piperidine rings is 1. The van der Waals surface area contributed by atoms with E-state index >= 15 is 0 Å². The van der Waals surface area contributed by atoms with Crippen molar-refractivity contribution < 1.29 is 19.4 Å². The summed E-state index contributed by atoms with van der Waals surface area (Å²) in [6.45, 7) is 2.89. The number of aliphatic carboxylic acids is 1. The topological polar surface area (TPSA) is 71.9 Å². The molecule has 1 N–H and O–H groups in total. The molecule has 192 valence electrons. The molecule has 36 heavy (non-hydrogen) atoms. The van der Waals surface area contributed by atoms with E-state index in [1.165, 1.54) is 10.5 Å². The molecule has 2 atom stereocenters. The van der Waals surface area contributed by atoms with E-state index in [-0.39, 0.29) is 12.3 Å². The summed E-state index contributed by atoms with van der Waals surface area (Å²) in [6, 6.07) is 16.3. The van der Waals surface area contributed by atoms with Crippen molar-refractivity contribution in [1.29, 1.82) is 0 Å². The molecule has 1 saturated heterocycles. The molecule has 0 unspecified atom stereocenters. The van der Waals surface area contributed by atoms with Crippen LogP contribution in [0.4, 0.5) is 0 Å². The van der Waals surface area contributed by atoms with Gasteiger partial charge in [0.1, 0.15) is 11.5 Å². The Bertz CT molecular complexity index is 1140. The Labute approximate surface area is 218 Å². The molecular formula is C29H36N2O4S. The monoisotopic (exact) mass is 508 g/mol. The molecule has 1 fully saturated rings. The van der Waals surface area contributed by atoms with E-state index in [4.69, 9.17) is 9.47 Å². The molecule has 0 amide bonds. The van der Waals surface area contributed by atoms with Crippen molar-refractivity contribution in [2.24, 2.45) is 11.8 Å². The number of ether oxygens (including phenoxy) is 2. The highest BCUT2D eigenvalue weighted by atomic mass is 32.2. The third-order valence-electron chi connectivity index (χ3n) is 7.21. The number of thioether (sulfide) groups is 1. The van der Waals surface area contributed by atoms with Crippen LogP contribution in [0.5, 0.6) is 11.5 Å². The Hall–Kier alpha value is -2.77. The number of hydrogen-bond donors (Lipinski definition) is 1. The van der Waals surface area contributed by atoms with Gasteiger partial charge >= 0.3 is 5.97 Å². The van der Waals surface area contributed by atoms with E-state index in [9.17, 15) is 9.90 Å². The van der Waals surface area contributed by atoms with Gasteiger partial charge in [-0.1, -0.05) is 0 Å². The van der Waals surface area contributed by atoms with Gasteiger partial charge in [-0.3, -0.25) is 9.78 Å². The zero-order chi connectivity index (χ0) is 25.3. The van der Waals surface area contributed by atoms with Crippen LogP contribution in [0.3, 0.4) is 0 Å². The highest BCUT2D eigenvalue weighted by molar-refractivity contribution is 7.99. The Morgan fingerprint density at radius 3 is 2.61 bits per heavy atom. The normalized spacial score (nSPS) is 18.3. The number of aromatic nitrogens is 1. The van der Waals surface area contributed by atoms with Gasteiger partial charge in [-0.15, -0.1) is 11.8 Å². The summed E-state index contributed by atoms with van der Waals surface area (Å²) in [5.74, 6) is 2.68. The fourth-order valence-corrected chi connectivity index (χ4v) is 6.15. The number of methoxy groups -OCH3 is 2. The second-order valence-electron chi connectivity index (χ2n) is 9.48. The number of likely N-dealkylation sites (tertiary alicyclic amines) is 1. The van der Waals surface area contributed by atoms with Crippen molar-refractivity contribution in [2.45, 2.75) is 37.0 Å².